The minimum absolute atomic E-state index is 0.217. The zero-order valence-electron chi connectivity index (χ0n) is 8.69. The zero-order chi connectivity index (χ0) is 12.1. The van der Waals surface area contributed by atoms with Gasteiger partial charge in [0, 0.05) is 22.4 Å². The molecule has 0 spiro atoms. The van der Waals surface area contributed by atoms with Gasteiger partial charge in [-0.3, -0.25) is 4.79 Å². The number of ketones is 1. The Morgan fingerprint density at radius 2 is 2.00 bits per heavy atom. The van der Waals surface area contributed by atoms with E-state index in [9.17, 15) is 4.79 Å². The summed E-state index contributed by atoms with van der Waals surface area (Å²) in [6.45, 7) is 0. The molecule has 0 atom stereocenters. The van der Waals surface area contributed by atoms with Crippen molar-refractivity contribution in [3.05, 3.63) is 64.3 Å². The van der Waals surface area contributed by atoms with Gasteiger partial charge < -0.3 is 0 Å². The van der Waals surface area contributed by atoms with Gasteiger partial charge in [-0.25, -0.2) is 0 Å². The van der Waals surface area contributed by atoms with Gasteiger partial charge in [-0.1, -0.05) is 29.4 Å². The van der Waals surface area contributed by atoms with Gasteiger partial charge in [-0.05, 0) is 17.7 Å². The number of carbonyl (C=O) groups is 1. The Bertz CT molecular complexity index is 573. The summed E-state index contributed by atoms with van der Waals surface area (Å²) >= 11 is 0. The van der Waals surface area contributed by atoms with Crippen molar-refractivity contribution in [3.8, 4) is 0 Å². The molecule has 0 radical (unpaired) electrons. The van der Waals surface area contributed by atoms with Crippen LogP contribution in [0.4, 0.5) is 5.69 Å². The van der Waals surface area contributed by atoms with Crippen molar-refractivity contribution >= 4 is 11.5 Å². The van der Waals surface area contributed by atoms with Crippen LogP contribution in [-0.2, 0) is 0 Å². The normalized spacial score (nSPS) is 9.41. The first-order chi connectivity index (χ1) is 8.31. The highest BCUT2D eigenvalue weighted by molar-refractivity contribution is 6.07. The van der Waals surface area contributed by atoms with E-state index in [-0.39, 0.29) is 11.5 Å². The maximum absolute atomic E-state index is 11.9. The highest BCUT2D eigenvalue weighted by Gasteiger charge is 2.09. The molecule has 2 rings (SSSR count). The topological polar surface area (TPSA) is 91.6 Å². The van der Waals surface area contributed by atoms with Crippen molar-refractivity contribution in [1.29, 1.82) is 0 Å². The maximum atomic E-state index is 11.9. The molecule has 0 saturated heterocycles. The number of azide groups is 1. The summed E-state index contributed by atoms with van der Waals surface area (Å²) in [4.78, 5) is 14.6. The molecule has 0 N–H and O–H groups in total. The van der Waals surface area contributed by atoms with Gasteiger partial charge in [0.15, 0.2) is 0 Å². The van der Waals surface area contributed by atoms with Gasteiger partial charge in [0.25, 0.3) is 0 Å². The third-order valence-electron chi connectivity index (χ3n) is 2.09. The fourth-order valence-corrected chi connectivity index (χ4v) is 1.30. The average molecular weight is 225 g/mol. The molecule has 0 aliphatic rings. The molecule has 0 amide bonds. The molecule has 1 heterocycles. The Hall–Kier alpha value is -2.72. The SMILES string of the molecule is [N-]=[N+]=Nc1ccc(C(=O)c2cccnn2)cc1. The molecule has 1 aromatic carbocycles. The molecule has 0 bridgehead atoms. The Kier molecular flexibility index (Phi) is 3.09. The van der Waals surface area contributed by atoms with Crippen LogP contribution in [0.1, 0.15) is 16.1 Å². The van der Waals surface area contributed by atoms with Crippen molar-refractivity contribution in [2.75, 3.05) is 0 Å². The summed E-state index contributed by atoms with van der Waals surface area (Å²) in [6.07, 6.45) is 1.50. The van der Waals surface area contributed by atoms with E-state index in [1.807, 2.05) is 0 Å². The fourth-order valence-electron chi connectivity index (χ4n) is 1.30. The van der Waals surface area contributed by atoms with Crippen LogP contribution >= 0.6 is 0 Å². The molecule has 17 heavy (non-hydrogen) atoms. The lowest BCUT2D eigenvalue weighted by molar-refractivity contribution is 0.103. The molecule has 6 heteroatoms. The van der Waals surface area contributed by atoms with E-state index in [0.29, 0.717) is 11.3 Å². The summed E-state index contributed by atoms with van der Waals surface area (Å²) in [6, 6.07) is 9.56. The summed E-state index contributed by atoms with van der Waals surface area (Å²) in [7, 11) is 0. The lowest BCUT2D eigenvalue weighted by atomic mass is 10.1. The molecular formula is C11H7N5O. The summed E-state index contributed by atoms with van der Waals surface area (Å²) in [5.41, 5.74) is 9.47. The van der Waals surface area contributed by atoms with E-state index >= 15 is 0 Å². The number of nitrogens with zero attached hydrogens (tertiary/aromatic N) is 5. The van der Waals surface area contributed by atoms with Gasteiger partial charge in [0.05, 0.1) is 0 Å². The minimum Gasteiger partial charge on any atom is -0.287 e. The van der Waals surface area contributed by atoms with Crippen LogP contribution in [0.15, 0.2) is 47.7 Å². The van der Waals surface area contributed by atoms with Gasteiger partial charge in [-0.2, -0.15) is 5.10 Å². The molecule has 6 nitrogen and oxygen atoms in total. The second-order valence-electron chi connectivity index (χ2n) is 3.17. The van der Waals surface area contributed by atoms with E-state index in [4.69, 9.17) is 5.53 Å². The Balaban J connectivity index is 2.29. The molecular weight excluding hydrogens is 218 g/mol. The summed E-state index contributed by atoms with van der Waals surface area (Å²) < 4.78 is 0. The van der Waals surface area contributed by atoms with Crippen LogP contribution < -0.4 is 0 Å². The number of carbonyl (C=O) groups excluding carboxylic acids is 1. The number of benzene rings is 1. The molecule has 0 fully saturated rings. The monoisotopic (exact) mass is 225 g/mol. The van der Waals surface area contributed by atoms with Crippen LogP contribution in [0.5, 0.6) is 0 Å². The molecule has 82 valence electrons. The van der Waals surface area contributed by atoms with Crippen LogP contribution in [0, 0.1) is 0 Å². The van der Waals surface area contributed by atoms with Crippen LogP contribution in [0.25, 0.3) is 10.4 Å². The van der Waals surface area contributed by atoms with Gasteiger partial charge in [-0.15, -0.1) is 5.10 Å². The van der Waals surface area contributed by atoms with E-state index in [1.54, 1.807) is 36.4 Å². The number of aromatic nitrogens is 2. The van der Waals surface area contributed by atoms with Gasteiger partial charge in [0.1, 0.15) is 5.69 Å². The highest BCUT2D eigenvalue weighted by Crippen LogP contribution is 2.15. The molecule has 1 aromatic heterocycles. The van der Waals surface area contributed by atoms with Crippen molar-refractivity contribution in [1.82, 2.24) is 10.2 Å². The molecule has 0 aliphatic heterocycles. The van der Waals surface area contributed by atoms with Gasteiger partial charge >= 0.3 is 0 Å². The van der Waals surface area contributed by atoms with E-state index < -0.39 is 0 Å². The van der Waals surface area contributed by atoms with Crippen LogP contribution in [0.2, 0.25) is 0 Å². The van der Waals surface area contributed by atoms with Crippen LogP contribution in [-0.4, -0.2) is 16.0 Å². The predicted molar refractivity (Wildman–Crippen MR) is 60.7 cm³/mol. The Labute approximate surface area is 96.6 Å². The standard InChI is InChI=1S/C11H7N5O/c12-16-14-9-5-3-8(4-6-9)11(17)10-2-1-7-13-15-10/h1-7H. The van der Waals surface area contributed by atoms with E-state index in [2.05, 4.69) is 20.2 Å². The van der Waals surface area contributed by atoms with E-state index in [1.165, 1.54) is 6.20 Å². The molecule has 0 saturated carbocycles. The first-order valence-electron chi connectivity index (χ1n) is 4.79. The van der Waals surface area contributed by atoms with Crippen molar-refractivity contribution in [3.63, 3.8) is 0 Å². The maximum Gasteiger partial charge on any atom is 0.213 e. The van der Waals surface area contributed by atoms with Crippen molar-refractivity contribution in [2.45, 2.75) is 0 Å². The second-order valence-corrected chi connectivity index (χ2v) is 3.17. The smallest absolute Gasteiger partial charge is 0.213 e. The predicted octanol–water partition coefficient (Wildman–Crippen LogP) is 2.65. The van der Waals surface area contributed by atoms with Gasteiger partial charge in [0.2, 0.25) is 5.78 Å². The largest absolute Gasteiger partial charge is 0.287 e. The van der Waals surface area contributed by atoms with E-state index in [0.717, 1.165) is 0 Å². The first kappa shape index (κ1) is 10.8. The third-order valence-corrected chi connectivity index (χ3v) is 2.09. The minimum atomic E-state index is -0.217. The molecule has 0 unspecified atom stereocenters. The lowest BCUT2D eigenvalue weighted by Crippen LogP contribution is -2.04. The first-order valence-corrected chi connectivity index (χ1v) is 4.79. The lowest BCUT2D eigenvalue weighted by Gasteiger charge is -1.99. The molecule has 0 aliphatic carbocycles. The quantitative estimate of drug-likeness (QED) is 0.348. The van der Waals surface area contributed by atoms with Crippen molar-refractivity contribution < 1.29 is 4.79 Å². The number of hydrogen-bond donors (Lipinski definition) is 0. The number of rotatable bonds is 3. The van der Waals surface area contributed by atoms with Crippen molar-refractivity contribution in [2.24, 2.45) is 5.11 Å². The third kappa shape index (κ3) is 2.45. The van der Waals surface area contributed by atoms with Crippen LogP contribution in [0.3, 0.4) is 0 Å². The fraction of sp³-hybridized carbons (Fsp3) is 0. The Morgan fingerprint density at radius 1 is 1.24 bits per heavy atom. The Morgan fingerprint density at radius 3 is 2.59 bits per heavy atom. The number of hydrogen-bond acceptors (Lipinski definition) is 4. The zero-order valence-corrected chi connectivity index (χ0v) is 8.69. The molecule has 2 aromatic rings. The summed E-state index contributed by atoms with van der Waals surface area (Å²) in [5.74, 6) is -0.217. The second kappa shape index (κ2) is 4.87. The summed E-state index contributed by atoms with van der Waals surface area (Å²) in [5, 5.41) is 10.8. The average Bonchev–Trinajstić information content (AvgIpc) is 2.40. The highest BCUT2D eigenvalue weighted by atomic mass is 16.1.